The minimum Gasteiger partial charge on any atom is -0.462 e. The lowest BCUT2D eigenvalue weighted by Gasteiger charge is -2.18. The molecule has 0 bridgehead atoms. The maximum absolute atomic E-state index is 12.9. The summed E-state index contributed by atoms with van der Waals surface area (Å²) in [5.74, 6) is -1.03. The van der Waals surface area contributed by atoms with Crippen molar-refractivity contribution in [1.82, 2.24) is 0 Å². The number of esters is 3. The molecule has 0 aliphatic rings. The summed E-state index contributed by atoms with van der Waals surface area (Å²) < 4.78 is 16.8. The van der Waals surface area contributed by atoms with Gasteiger partial charge in [0, 0.05) is 19.3 Å². The van der Waals surface area contributed by atoms with Crippen LogP contribution in [0.1, 0.15) is 265 Å². The highest BCUT2D eigenvalue weighted by Gasteiger charge is 2.19. The van der Waals surface area contributed by atoms with Crippen molar-refractivity contribution in [2.24, 2.45) is 0 Å². The summed E-state index contributed by atoms with van der Waals surface area (Å²) in [7, 11) is 0. The summed E-state index contributed by atoms with van der Waals surface area (Å²) in [6.45, 7) is 6.33. The number of rotatable bonds is 55. The summed E-state index contributed by atoms with van der Waals surface area (Å²) in [4.78, 5) is 38.3. The van der Waals surface area contributed by atoms with E-state index in [9.17, 15) is 14.4 Å². The average molecular weight is 1060 g/mol. The molecule has 0 amide bonds. The van der Waals surface area contributed by atoms with Gasteiger partial charge in [-0.1, -0.05) is 256 Å². The SMILES string of the molecule is CC/C=C\C/C=C\C/C=C\C/C=C\C/C=C\C/C=C\CCCCC(=O)OCC(COC(=O)CCC/C=C\C/C=C\C/C=C\C/C=C\C/C=C\CC)OC(=O)CCCCCCCCCCC/C=C\CCCCCCCCCC. The summed E-state index contributed by atoms with van der Waals surface area (Å²) in [5.41, 5.74) is 0. The third-order valence-electron chi connectivity index (χ3n) is 12.8. The van der Waals surface area contributed by atoms with E-state index in [1.807, 2.05) is 0 Å². The van der Waals surface area contributed by atoms with Crippen LogP contribution in [0.4, 0.5) is 0 Å². The monoisotopic (exact) mass is 1060 g/mol. The molecule has 0 saturated carbocycles. The van der Waals surface area contributed by atoms with E-state index in [-0.39, 0.29) is 44.0 Å². The molecule has 0 spiro atoms. The van der Waals surface area contributed by atoms with Crippen molar-refractivity contribution in [3.05, 3.63) is 146 Å². The normalized spacial score (nSPS) is 13.1. The Morgan fingerprint density at radius 2 is 0.519 bits per heavy atom. The van der Waals surface area contributed by atoms with Crippen LogP contribution in [0, 0.1) is 0 Å². The predicted molar refractivity (Wildman–Crippen MR) is 334 cm³/mol. The molecule has 0 aromatic rings. The molecule has 434 valence electrons. The molecule has 0 fully saturated rings. The third kappa shape index (κ3) is 62.0. The van der Waals surface area contributed by atoms with Gasteiger partial charge in [-0.3, -0.25) is 14.4 Å². The minimum atomic E-state index is -0.828. The number of hydrogen-bond donors (Lipinski definition) is 0. The first kappa shape index (κ1) is 72.3. The Hall–Kier alpha value is -4.71. The molecule has 0 N–H and O–H groups in total. The lowest BCUT2D eigenvalue weighted by atomic mass is 10.1. The zero-order valence-corrected chi connectivity index (χ0v) is 49.7. The van der Waals surface area contributed by atoms with E-state index in [2.05, 4.69) is 167 Å². The molecule has 6 nitrogen and oxygen atoms in total. The lowest BCUT2D eigenvalue weighted by molar-refractivity contribution is -0.167. The molecule has 0 aromatic heterocycles. The van der Waals surface area contributed by atoms with E-state index < -0.39 is 6.10 Å². The van der Waals surface area contributed by atoms with Gasteiger partial charge in [0.15, 0.2) is 6.10 Å². The van der Waals surface area contributed by atoms with Gasteiger partial charge in [0.05, 0.1) is 0 Å². The summed E-state index contributed by atoms with van der Waals surface area (Å²) in [6, 6.07) is 0. The topological polar surface area (TPSA) is 78.9 Å². The molecule has 0 heterocycles. The van der Waals surface area contributed by atoms with E-state index in [1.54, 1.807) is 0 Å². The molecule has 0 aliphatic carbocycles. The fourth-order valence-electron chi connectivity index (χ4n) is 8.18. The van der Waals surface area contributed by atoms with Gasteiger partial charge < -0.3 is 14.2 Å². The first-order valence-electron chi connectivity index (χ1n) is 31.3. The molecular formula is C71H114O6. The number of carbonyl (C=O) groups excluding carboxylic acids is 3. The number of ether oxygens (including phenoxy) is 3. The quantitative estimate of drug-likeness (QED) is 0.0261. The van der Waals surface area contributed by atoms with Gasteiger partial charge in [-0.15, -0.1) is 0 Å². The predicted octanol–water partition coefficient (Wildman–Crippen LogP) is 21.5. The highest BCUT2D eigenvalue weighted by molar-refractivity contribution is 5.71. The minimum absolute atomic E-state index is 0.124. The van der Waals surface area contributed by atoms with E-state index in [4.69, 9.17) is 14.2 Å². The second kappa shape index (κ2) is 63.8. The first-order valence-corrected chi connectivity index (χ1v) is 31.3. The Kier molecular flexibility index (Phi) is 59.9. The summed E-state index contributed by atoms with van der Waals surface area (Å²) in [5, 5.41) is 0. The number of carbonyl (C=O) groups is 3. The third-order valence-corrected chi connectivity index (χ3v) is 12.8. The Bertz CT molecular complexity index is 1700. The van der Waals surface area contributed by atoms with E-state index in [1.165, 1.54) is 103 Å². The molecular weight excluding hydrogens is 949 g/mol. The fraction of sp³-hybridized carbons (Fsp3) is 0.620. The van der Waals surface area contributed by atoms with Crippen molar-refractivity contribution in [2.45, 2.75) is 271 Å². The van der Waals surface area contributed by atoms with E-state index in [0.29, 0.717) is 19.3 Å². The van der Waals surface area contributed by atoms with Gasteiger partial charge in [-0.2, -0.15) is 0 Å². The van der Waals surface area contributed by atoms with Crippen LogP contribution in [-0.4, -0.2) is 37.2 Å². The van der Waals surface area contributed by atoms with Gasteiger partial charge >= 0.3 is 17.9 Å². The number of unbranched alkanes of at least 4 members (excludes halogenated alkanes) is 20. The maximum atomic E-state index is 12.9. The number of allylic oxidation sites excluding steroid dienone is 24. The van der Waals surface area contributed by atoms with Crippen molar-refractivity contribution >= 4 is 17.9 Å². The second-order valence-electron chi connectivity index (χ2n) is 20.2. The van der Waals surface area contributed by atoms with Crippen LogP contribution in [0.25, 0.3) is 0 Å². The van der Waals surface area contributed by atoms with Gasteiger partial charge in [0.25, 0.3) is 0 Å². The van der Waals surface area contributed by atoms with Crippen molar-refractivity contribution < 1.29 is 28.6 Å². The molecule has 0 radical (unpaired) electrons. The van der Waals surface area contributed by atoms with Crippen molar-refractivity contribution in [3.63, 3.8) is 0 Å². The highest BCUT2D eigenvalue weighted by Crippen LogP contribution is 2.15. The van der Waals surface area contributed by atoms with Crippen molar-refractivity contribution in [2.75, 3.05) is 13.2 Å². The standard InChI is InChI=1S/C71H114O6/c1-4-7-10-13-16-19-22-25-28-31-33-35-37-40-43-46-49-52-55-58-61-64-70(73)76-67-68(66-75-69(72)63-60-57-54-51-48-45-42-39-30-27-24-21-18-15-12-9-6-3)77-71(74)65-62-59-56-53-50-47-44-41-38-36-34-32-29-26-23-20-17-14-11-8-5-2/h7,9-10,12,16,18-19,21,25,27-28,30,32-35,40,42-43,45,49,51-52,54,68H,4-6,8,11,13-15,17,20,22-24,26,29,31,36-39,41,44,46-48,50,53,55-67H2,1-3H3/b10-7-,12-9-,19-16-,21-18-,28-25-,30-27-,34-32-,35-33-,43-40-,45-42-,52-49-,54-51-. The Morgan fingerprint density at radius 3 is 0.883 bits per heavy atom. The molecule has 1 unspecified atom stereocenters. The van der Waals surface area contributed by atoms with Crippen LogP contribution in [0.5, 0.6) is 0 Å². The summed E-state index contributed by atoms with van der Waals surface area (Å²) >= 11 is 0. The lowest BCUT2D eigenvalue weighted by Crippen LogP contribution is -2.30. The zero-order chi connectivity index (χ0) is 55.7. The fourth-order valence-corrected chi connectivity index (χ4v) is 8.18. The number of hydrogen-bond acceptors (Lipinski definition) is 6. The Morgan fingerprint density at radius 1 is 0.273 bits per heavy atom. The summed E-state index contributed by atoms with van der Waals surface area (Å²) in [6.07, 6.45) is 91.4. The van der Waals surface area contributed by atoms with Gasteiger partial charge in [-0.25, -0.2) is 0 Å². The van der Waals surface area contributed by atoms with Gasteiger partial charge in [0.1, 0.15) is 13.2 Å². The van der Waals surface area contributed by atoms with Crippen LogP contribution < -0.4 is 0 Å². The average Bonchev–Trinajstić information content (AvgIpc) is 3.43. The van der Waals surface area contributed by atoms with Crippen molar-refractivity contribution in [3.8, 4) is 0 Å². The van der Waals surface area contributed by atoms with Crippen LogP contribution in [0.2, 0.25) is 0 Å². The maximum Gasteiger partial charge on any atom is 0.306 e. The highest BCUT2D eigenvalue weighted by atomic mass is 16.6. The molecule has 6 heteroatoms. The first-order chi connectivity index (χ1) is 38.0. The zero-order valence-electron chi connectivity index (χ0n) is 49.7. The molecule has 0 rings (SSSR count). The van der Waals surface area contributed by atoms with Crippen LogP contribution in [0.15, 0.2) is 146 Å². The smallest absolute Gasteiger partial charge is 0.306 e. The molecule has 0 aliphatic heterocycles. The van der Waals surface area contributed by atoms with Gasteiger partial charge in [0.2, 0.25) is 0 Å². The van der Waals surface area contributed by atoms with E-state index >= 15 is 0 Å². The molecule has 77 heavy (non-hydrogen) atoms. The van der Waals surface area contributed by atoms with Gasteiger partial charge in [-0.05, 0) is 135 Å². The van der Waals surface area contributed by atoms with E-state index in [0.717, 1.165) is 109 Å². The molecule has 1 atom stereocenters. The Labute approximate surface area is 474 Å². The largest absolute Gasteiger partial charge is 0.462 e. The molecule has 0 aromatic carbocycles. The van der Waals surface area contributed by atoms with Crippen LogP contribution in [-0.2, 0) is 28.6 Å². The second-order valence-corrected chi connectivity index (χ2v) is 20.2. The Balaban J connectivity index is 4.55. The molecule has 0 saturated heterocycles. The van der Waals surface area contributed by atoms with Crippen LogP contribution in [0.3, 0.4) is 0 Å². The van der Waals surface area contributed by atoms with Crippen LogP contribution >= 0.6 is 0 Å². The van der Waals surface area contributed by atoms with Crippen molar-refractivity contribution in [1.29, 1.82) is 0 Å².